The lowest BCUT2D eigenvalue weighted by Crippen LogP contribution is -2.45. The number of alkyl halides is 6. The van der Waals surface area contributed by atoms with Crippen molar-refractivity contribution >= 4 is 34.9 Å². The van der Waals surface area contributed by atoms with E-state index in [0.717, 1.165) is 6.07 Å². The molecule has 1 saturated heterocycles. The number of aromatic nitrogens is 1. The lowest BCUT2D eigenvalue weighted by Gasteiger charge is -2.33. The molecule has 1 aromatic carbocycles. The van der Waals surface area contributed by atoms with Gasteiger partial charge in [0.05, 0.1) is 0 Å². The van der Waals surface area contributed by atoms with Gasteiger partial charge < -0.3 is 10.2 Å². The van der Waals surface area contributed by atoms with Crippen LogP contribution in [0.5, 0.6) is 0 Å². The normalized spacial score (nSPS) is 21.1. The third-order valence-electron chi connectivity index (χ3n) is 6.18. The van der Waals surface area contributed by atoms with E-state index in [1.807, 2.05) is 0 Å². The van der Waals surface area contributed by atoms with E-state index in [1.165, 1.54) is 29.2 Å². The summed E-state index contributed by atoms with van der Waals surface area (Å²) in [5, 5.41) is 2.52. The second-order valence-corrected chi connectivity index (χ2v) is 9.45. The number of anilines is 1. The molecule has 0 bridgehead atoms. The van der Waals surface area contributed by atoms with Crippen LogP contribution >= 0.6 is 23.2 Å². The fourth-order valence-corrected chi connectivity index (χ4v) is 4.71. The molecular weight excluding hydrogens is 507 g/mol. The summed E-state index contributed by atoms with van der Waals surface area (Å²) in [6, 6.07) is 6.03. The molecule has 0 radical (unpaired) electrons. The highest BCUT2D eigenvalue weighted by Gasteiger charge is 2.59. The standard InChI is InChI=1S/C22H19Cl2F6N3O/c23-15-7-14(8-16(24)9-15)20(22(28,29)30)5-6-33(11-20)17-4-3-13(18(32-17)21(25,26)27)10-31-19(34)12-1-2-12/h3-4,7-9,12H,1-2,5-6,10-11H2,(H,31,34). The topological polar surface area (TPSA) is 45.2 Å². The summed E-state index contributed by atoms with van der Waals surface area (Å²) in [4.78, 5) is 16.7. The first kappa shape index (κ1) is 24.9. The number of nitrogens with zero attached hydrogens (tertiary/aromatic N) is 2. The molecule has 1 amide bonds. The number of halogens is 8. The maximum Gasteiger partial charge on any atom is 0.433 e. The molecule has 184 valence electrons. The zero-order valence-electron chi connectivity index (χ0n) is 17.5. The Hall–Kier alpha value is -2.20. The molecule has 1 atom stereocenters. The summed E-state index contributed by atoms with van der Waals surface area (Å²) < 4.78 is 83.9. The maximum atomic E-state index is 14.3. The van der Waals surface area contributed by atoms with E-state index >= 15 is 0 Å². The van der Waals surface area contributed by atoms with Crippen LogP contribution in [0, 0.1) is 5.92 Å². The van der Waals surface area contributed by atoms with Gasteiger partial charge in [-0.25, -0.2) is 4.98 Å². The zero-order valence-corrected chi connectivity index (χ0v) is 19.0. The number of hydrogen-bond donors (Lipinski definition) is 1. The minimum absolute atomic E-state index is 0.0275. The van der Waals surface area contributed by atoms with E-state index in [9.17, 15) is 31.1 Å². The molecule has 1 saturated carbocycles. The van der Waals surface area contributed by atoms with Gasteiger partial charge in [-0.1, -0.05) is 29.3 Å². The Labute approximate surface area is 201 Å². The van der Waals surface area contributed by atoms with Crippen molar-refractivity contribution in [3.8, 4) is 0 Å². The van der Waals surface area contributed by atoms with Crippen LogP contribution in [0.2, 0.25) is 10.0 Å². The van der Waals surface area contributed by atoms with Gasteiger partial charge in [0.25, 0.3) is 0 Å². The van der Waals surface area contributed by atoms with Gasteiger partial charge in [-0.05, 0) is 49.1 Å². The lowest BCUT2D eigenvalue weighted by atomic mass is 9.79. The third-order valence-corrected chi connectivity index (χ3v) is 6.62. The van der Waals surface area contributed by atoms with Gasteiger partial charge in [-0.15, -0.1) is 0 Å². The molecule has 0 spiro atoms. The molecule has 2 aromatic rings. The smallest absolute Gasteiger partial charge is 0.355 e. The number of hydrogen-bond acceptors (Lipinski definition) is 3. The van der Waals surface area contributed by atoms with Crippen LogP contribution in [0.15, 0.2) is 30.3 Å². The Bertz CT molecular complexity index is 1080. The molecule has 1 N–H and O–H groups in total. The Balaban J connectivity index is 1.64. The average Bonchev–Trinajstić information content (AvgIpc) is 3.47. The van der Waals surface area contributed by atoms with Crippen LogP contribution in [0.25, 0.3) is 0 Å². The van der Waals surface area contributed by atoms with E-state index < -0.39 is 36.4 Å². The molecule has 2 heterocycles. The van der Waals surface area contributed by atoms with Crippen molar-refractivity contribution in [3.05, 3.63) is 57.2 Å². The highest BCUT2D eigenvalue weighted by Crippen LogP contribution is 2.49. The van der Waals surface area contributed by atoms with E-state index in [1.54, 1.807) is 0 Å². The highest BCUT2D eigenvalue weighted by atomic mass is 35.5. The minimum atomic E-state index is -4.85. The van der Waals surface area contributed by atoms with E-state index in [-0.39, 0.29) is 51.9 Å². The molecule has 2 aliphatic rings. The second-order valence-electron chi connectivity index (χ2n) is 8.58. The number of amides is 1. The van der Waals surface area contributed by atoms with Gasteiger partial charge in [0.15, 0.2) is 5.69 Å². The maximum absolute atomic E-state index is 14.3. The van der Waals surface area contributed by atoms with Crippen molar-refractivity contribution in [1.29, 1.82) is 0 Å². The minimum Gasteiger partial charge on any atom is -0.355 e. The summed E-state index contributed by atoms with van der Waals surface area (Å²) in [7, 11) is 0. The summed E-state index contributed by atoms with van der Waals surface area (Å²) in [6.45, 7) is -1.19. The summed E-state index contributed by atoms with van der Waals surface area (Å²) in [5.41, 5.74) is -4.03. The van der Waals surface area contributed by atoms with Crippen molar-refractivity contribution in [2.75, 3.05) is 18.0 Å². The molecule has 34 heavy (non-hydrogen) atoms. The highest BCUT2D eigenvalue weighted by molar-refractivity contribution is 6.34. The number of pyridine rings is 1. The van der Waals surface area contributed by atoms with Crippen LogP contribution < -0.4 is 10.2 Å². The number of carbonyl (C=O) groups is 1. The first-order valence-electron chi connectivity index (χ1n) is 10.4. The summed E-state index contributed by atoms with van der Waals surface area (Å²) in [6.07, 6.45) is -8.58. The quantitative estimate of drug-likeness (QED) is 0.476. The average molecular weight is 526 g/mol. The Kier molecular flexibility index (Phi) is 6.44. The van der Waals surface area contributed by atoms with Crippen LogP contribution in [-0.2, 0) is 22.9 Å². The van der Waals surface area contributed by atoms with Gasteiger partial charge in [0.2, 0.25) is 5.91 Å². The zero-order chi connectivity index (χ0) is 24.9. The van der Waals surface area contributed by atoms with E-state index in [2.05, 4.69) is 10.3 Å². The summed E-state index contributed by atoms with van der Waals surface area (Å²) >= 11 is 11.9. The molecule has 2 fully saturated rings. The SMILES string of the molecule is O=C(NCc1ccc(N2CCC(c3cc(Cl)cc(Cl)c3)(C(F)(F)F)C2)nc1C(F)(F)F)C1CC1. The fourth-order valence-electron chi connectivity index (χ4n) is 4.18. The number of rotatable bonds is 5. The predicted molar refractivity (Wildman–Crippen MR) is 115 cm³/mol. The number of carbonyl (C=O) groups excluding carboxylic acids is 1. The number of nitrogens with one attached hydrogen (secondary N) is 1. The summed E-state index contributed by atoms with van der Waals surface area (Å²) in [5.74, 6) is -0.739. The fraction of sp³-hybridized carbons (Fsp3) is 0.455. The first-order chi connectivity index (χ1) is 15.8. The van der Waals surface area contributed by atoms with Crippen molar-refractivity contribution < 1.29 is 31.1 Å². The number of benzene rings is 1. The molecule has 4 nitrogen and oxygen atoms in total. The van der Waals surface area contributed by atoms with E-state index in [4.69, 9.17) is 23.2 Å². The van der Waals surface area contributed by atoms with Crippen molar-refractivity contribution in [3.63, 3.8) is 0 Å². The van der Waals surface area contributed by atoms with E-state index in [0.29, 0.717) is 12.8 Å². The largest absolute Gasteiger partial charge is 0.433 e. The third kappa shape index (κ3) is 4.93. The monoisotopic (exact) mass is 525 g/mol. The Morgan fingerprint density at radius 1 is 1.09 bits per heavy atom. The van der Waals surface area contributed by atoms with Gasteiger partial charge >= 0.3 is 12.4 Å². The van der Waals surface area contributed by atoms with Gasteiger partial charge in [-0.3, -0.25) is 4.79 Å². The van der Waals surface area contributed by atoms with Crippen LogP contribution in [0.1, 0.15) is 36.1 Å². The Morgan fingerprint density at radius 3 is 2.29 bits per heavy atom. The molecule has 4 rings (SSSR count). The van der Waals surface area contributed by atoms with Crippen molar-refractivity contribution in [2.24, 2.45) is 5.92 Å². The predicted octanol–water partition coefficient (Wildman–Crippen LogP) is 6.14. The van der Waals surface area contributed by atoms with Gasteiger partial charge in [0.1, 0.15) is 11.2 Å². The molecule has 1 unspecified atom stereocenters. The molecule has 12 heteroatoms. The van der Waals surface area contributed by atoms with Gasteiger partial charge in [-0.2, -0.15) is 26.3 Å². The van der Waals surface area contributed by atoms with Crippen molar-refractivity contribution in [2.45, 2.75) is 43.6 Å². The first-order valence-corrected chi connectivity index (χ1v) is 11.2. The lowest BCUT2D eigenvalue weighted by molar-refractivity contribution is -0.184. The molecule has 1 aliphatic carbocycles. The van der Waals surface area contributed by atoms with Gasteiger partial charge in [0, 0.05) is 41.2 Å². The van der Waals surface area contributed by atoms with Crippen LogP contribution in [0.4, 0.5) is 32.2 Å². The second kappa shape index (κ2) is 8.78. The van der Waals surface area contributed by atoms with Crippen LogP contribution in [0.3, 0.4) is 0 Å². The van der Waals surface area contributed by atoms with Crippen molar-refractivity contribution in [1.82, 2.24) is 10.3 Å². The Morgan fingerprint density at radius 2 is 1.74 bits per heavy atom. The molecular formula is C22H19Cl2F6N3O. The van der Waals surface area contributed by atoms with Crippen LogP contribution in [-0.4, -0.2) is 30.2 Å². The molecule has 1 aliphatic heterocycles. The molecule has 1 aromatic heterocycles.